The van der Waals surface area contributed by atoms with Gasteiger partial charge in [0.15, 0.2) is 0 Å². The summed E-state index contributed by atoms with van der Waals surface area (Å²) in [6.45, 7) is 5.31. The van der Waals surface area contributed by atoms with E-state index in [9.17, 15) is 0 Å². The molecule has 1 saturated carbocycles. The summed E-state index contributed by atoms with van der Waals surface area (Å²) in [4.78, 5) is 2.21. The van der Waals surface area contributed by atoms with Gasteiger partial charge in [-0.2, -0.15) is 0 Å². The number of hydrogen-bond acceptors (Lipinski definition) is 3. The molecule has 0 radical (unpaired) electrons. The van der Waals surface area contributed by atoms with Gasteiger partial charge in [-0.25, -0.2) is 0 Å². The van der Waals surface area contributed by atoms with Crippen LogP contribution in [0.3, 0.4) is 0 Å². The molecule has 1 rings (SSSR count). The Morgan fingerprint density at radius 2 is 2.12 bits per heavy atom. The number of hydrogen-bond donors (Lipinski definition) is 2. The molecule has 16 heavy (non-hydrogen) atoms. The quantitative estimate of drug-likeness (QED) is 0.718. The Hall–Kier alpha value is -0.120. The van der Waals surface area contributed by atoms with Crippen molar-refractivity contribution in [1.82, 2.24) is 10.2 Å². The highest BCUT2D eigenvalue weighted by molar-refractivity contribution is 4.82. The van der Waals surface area contributed by atoms with Gasteiger partial charge in [0, 0.05) is 25.7 Å². The Balaban J connectivity index is 2.28. The van der Waals surface area contributed by atoms with Crippen molar-refractivity contribution in [2.45, 2.75) is 38.6 Å². The molecule has 0 amide bonds. The first-order valence-electron chi connectivity index (χ1n) is 6.71. The third-order valence-corrected chi connectivity index (χ3v) is 3.77. The van der Waals surface area contributed by atoms with Crippen LogP contribution in [0, 0.1) is 11.8 Å². The van der Waals surface area contributed by atoms with E-state index in [-0.39, 0.29) is 0 Å². The molecule has 96 valence electrons. The van der Waals surface area contributed by atoms with Gasteiger partial charge in [-0.1, -0.05) is 19.8 Å². The largest absolute Gasteiger partial charge is 0.329 e. The van der Waals surface area contributed by atoms with Crippen LogP contribution in [0.4, 0.5) is 0 Å². The van der Waals surface area contributed by atoms with E-state index in [1.165, 1.54) is 25.7 Å². The Morgan fingerprint density at radius 1 is 1.38 bits per heavy atom. The number of likely N-dealkylation sites (N-methyl/N-ethyl adjacent to an activating group) is 1. The van der Waals surface area contributed by atoms with Gasteiger partial charge in [0.25, 0.3) is 0 Å². The van der Waals surface area contributed by atoms with Crippen LogP contribution in [0.25, 0.3) is 0 Å². The van der Waals surface area contributed by atoms with Gasteiger partial charge in [-0.05, 0) is 38.8 Å². The molecule has 3 unspecified atom stereocenters. The number of nitrogens with zero attached hydrogens (tertiary/aromatic N) is 1. The molecular formula is C13H29N3. The van der Waals surface area contributed by atoms with Crippen LogP contribution < -0.4 is 11.1 Å². The van der Waals surface area contributed by atoms with Crippen molar-refractivity contribution in [3.05, 3.63) is 0 Å². The highest BCUT2D eigenvalue weighted by atomic mass is 15.1. The van der Waals surface area contributed by atoms with Crippen molar-refractivity contribution < 1.29 is 0 Å². The van der Waals surface area contributed by atoms with Gasteiger partial charge in [-0.3, -0.25) is 0 Å². The zero-order valence-corrected chi connectivity index (χ0v) is 11.2. The maximum absolute atomic E-state index is 5.89. The van der Waals surface area contributed by atoms with Crippen LogP contribution in [0.2, 0.25) is 0 Å². The molecular weight excluding hydrogens is 198 g/mol. The van der Waals surface area contributed by atoms with Crippen LogP contribution in [0.15, 0.2) is 0 Å². The summed E-state index contributed by atoms with van der Waals surface area (Å²) in [6.07, 6.45) is 5.52. The second-order valence-electron chi connectivity index (χ2n) is 5.63. The minimum absolute atomic E-state index is 0.530. The zero-order valence-electron chi connectivity index (χ0n) is 11.2. The summed E-state index contributed by atoms with van der Waals surface area (Å²) in [5, 5.41) is 3.62. The maximum atomic E-state index is 5.89. The van der Waals surface area contributed by atoms with Crippen molar-refractivity contribution in [1.29, 1.82) is 0 Å². The fourth-order valence-corrected chi connectivity index (χ4v) is 2.76. The highest BCUT2D eigenvalue weighted by Gasteiger charge is 2.25. The Labute approximate surface area is 101 Å². The molecule has 3 nitrogen and oxygen atoms in total. The molecule has 0 aromatic heterocycles. The van der Waals surface area contributed by atoms with Gasteiger partial charge < -0.3 is 16.0 Å². The molecule has 3 N–H and O–H groups in total. The highest BCUT2D eigenvalue weighted by Crippen LogP contribution is 2.30. The second-order valence-corrected chi connectivity index (χ2v) is 5.63. The summed E-state index contributed by atoms with van der Waals surface area (Å²) in [5.74, 6) is 1.69. The van der Waals surface area contributed by atoms with Gasteiger partial charge in [0.05, 0.1) is 0 Å². The van der Waals surface area contributed by atoms with Crippen molar-refractivity contribution in [3.63, 3.8) is 0 Å². The Morgan fingerprint density at radius 3 is 2.69 bits per heavy atom. The Bertz CT molecular complexity index is 182. The maximum Gasteiger partial charge on any atom is 0.0219 e. The van der Waals surface area contributed by atoms with E-state index in [4.69, 9.17) is 5.73 Å². The van der Waals surface area contributed by atoms with Gasteiger partial charge >= 0.3 is 0 Å². The molecule has 0 aromatic rings. The fourth-order valence-electron chi connectivity index (χ4n) is 2.76. The number of nitrogens with two attached hydrogens (primary N) is 1. The van der Waals surface area contributed by atoms with E-state index in [0.717, 1.165) is 31.5 Å². The molecule has 1 aliphatic carbocycles. The van der Waals surface area contributed by atoms with Crippen LogP contribution >= 0.6 is 0 Å². The van der Waals surface area contributed by atoms with Gasteiger partial charge in [0.1, 0.15) is 0 Å². The molecule has 0 aromatic carbocycles. The van der Waals surface area contributed by atoms with Gasteiger partial charge in [-0.15, -0.1) is 0 Å². The first kappa shape index (κ1) is 13.9. The fraction of sp³-hybridized carbons (Fsp3) is 1.00. The minimum atomic E-state index is 0.530. The smallest absolute Gasteiger partial charge is 0.0219 e. The molecule has 0 saturated heterocycles. The molecule has 1 fully saturated rings. The molecule has 0 heterocycles. The summed E-state index contributed by atoms with van der Waals surface area (Å²) >= 11 is 0. The van der Waals surface area contributed by atoms with Crippen molar-refractivity contribution in [3.8, 4) is 0 Å². The topological polar surface area (TPSA) is 41.3 Å². The second kappa shape index (κ2) is 7.25. The lowest BCUT2D eigenvalue weighted by molar-refractivity contribution is 0.221. The predicted octanol–water partition coefficient (Wildman–Crippen LogP) is 1.29. The molecule has 0 bridgehead atoms. The SMILES string of the molecule is CC1CCCC(C(CN)NCCN(C)C)C1. The third-order valence-electron chi connectivity index (χ3n) is 3.77. The first-order valence-corrected chi connectivity index (χ1v) is 6.71. The monoisotopic (exact) mass is 227 g/mol. The predicted molar refractivity (Wildman–Crippen MR) is 70.5 cm³/mol. The molecule has 0 spiro atoms. The molecule has 1 aliphatic rings. The van der Waals surface area contributed by atoms with Crippen LogP contribution in [0.1, 0.15) is 32.6 Å². The van der Waals surface area contributed by atoms with E-state index in [1.807, 2.05) is 0 Å². The third kappa shape index (κ3) is 4.81. The average molecular weight is 227 g/mol. The summed E-state index contributed by atoms with van der Waals surface area (Å²) in [5.41, 5.74) is 5.89. The lowest BCUT2D eigenvalue weighted by Crippen LogP contribution is -2.45. The summed E-state index contributed by atoms with van der Waals surface area (Å²) in [6, 6.07) is 0.530. The normalized spacial score (nSPS) is 28.3. The minimum Gasteiger partial charge on any atom is -0.329 e. The van der Waals surface area contributed by atoms with Crippen LogP contribution in [-0.2, 0) is 0 Å². The molecule has 0 aliphatic heterocycles. The first-order chi connectivity index (χ1) is 7.63. The van der Waals surface area contributed by atoms with E-state index in [2.05, 4.69) is 31.2 Å². The Kier molecular flexibility index (Phi) is 6.32. The molecule has 3 atom stereocenters. The van der Waals surface area contributed by atoms with E-state index in [0.29, 0.717) is 6.04 Å². The molecule has 3 heteroatoms. The van der Waals surface area contributed by atoms with E-state index < -0.39 is 0 Å². The number of nitrogens with one attached hydrogen (secondary N) is 1. The summed E-state index contributed by atoms with van der Waals surface area (Å²) < 4.78 is 0. The van der Waals surface area contributed by atoms with E-state index >= 15 is 0 Å². The zero-order chi connectivity index (χ0) is 12.0. The van der Waals surface area contributed by atoms with Gasteiger partial charge in [0.2, 0.25) is 0 Å². The van der Waals surface area contributed by atoms with Crippen molar-refractivity contribution in [2.24, 2.45) is 17.6 Å². The standard InChI is InChI=1S/C13H29N3/c1-11-5-4-6-12(9-11)13(10-14)15-7-8-16(2)3/h11-13,15H,4-10,14H2,1-3H3. The van der Waals surface area contributed by atoms with Crippen molar-refractivity contribution >= 4 is 0 Å². The summed E-state index contributed by atoms with van der Waals surface area (Å²) in [7, 11) is 4.23. The average Bonchev–Trinajstić information content (AvgIpc) is 2.24. The van der Waals surface area contributed by atoms with E-state index in [1.54, 1.807) is 0 Å². The lowest BCUT2D eigenvalue weighted by Gasteiger charge is -2.33. The lowest BCUT2D eigenvalue weighted by atomic mass is 9.78. The van der Waals surface area contributed by atoms with Crippen LogP contribution in [0.5, 0.6) is 0 Å². The van der Waals surface area contributed by atoms with Crippen LogP contribution in [-0.4, -0.2) is 44.7 Å². The van der Waals surface area contributed by atoms with Crippen molar-refractivity contribution in [2.75, 3.05) is 33.7 Å². The number of rotatable bonds is 6.